The van der Waals surface area contributed by atoms with Gasteiger partial charge in [0, 0.05) is 18.0 Å². The van der Waals surface area contributed by atoms with Gasteiger partial charge in [0.2, 0.25) is 0 Å². The summed E-state index contributed by atoms with van der Waals surface area (Å²) >= 11 is 0. The van der Waals surface area contributed by atoms with Crippen LogP contribution in [-0.4, -0.2) is 10.5 Å². The summed E-state index contributed by atoms with van der Waals surface area (Å²) in [5, 5.41) is 2.76. The number of hydrogen-bond donors (Lipinski definition) is 1. The molecule has 0 aliphatic heterocycles. The first-order chi connectivity index (χ1) is 13.6. The van der Waals surface area contributed by atoms with Crippen molar-refractivity contribution in [2.75, 3.05) is 5.32 Å². The summed E-state index contributed by atoms with van der Waals surface area (Å²) in [6.07, 6.45) is -3.12. The maximum absolute atomic E-state index is 12.9. The van der Waals surface area contributed by atoms with Crippen LogP contribution in [0.5, 0.6) is 0 Å². The number of alkyl halides is 3. The smallest absolute Gasteiger partial charge is 0.322 e. The van der Waals surface area contributed by atoms with Crippen LogP contribution in [0.2, 0.25) is 0 Å². The predicted molar refractivity (Wildman–Crippen MR) is 105 cm³/mol. The van der Waals surface area contributed by atoms with Crippen LogP contribution in [-0.2, 0) is 12.7 Å². The van der Waals surface area contributed by atoms with Gasteiger partial charge in [-0.05, 0) is 60.9 Å². The Bertz CT molecular complexity index is 1120. The summed E-state index contributed by atoms with van der Waals surface area (Å²) in [6, 6.07) is 12.9. The van der Waals surface area contributed by atoms with Gasteiger partial charge in [-0.3, -0.25) is 9.59 Å². The average Bonchev–Trinajstić information content (AvgIpc) is 2.66. The minimum Gasteiger partial charge on any atom is -0.322 e. The first-order valence-electron chi connectivity index (χ1n) is 8.89. The Morgan fingerprint density at radius 3 is 2.45 bits per heavy atom. The molecule has 0 fully saturated rings. The van der Waals surface area contributed by atoms with E-state index in [0.717, 1.165) is 23.3 Å². The maximum atomic E-state index is 12.9. The van der Waals surface area contributed by atoms with Crippen LogP contribution in [0, 0.1) is 13.8 Å². The van der Waals surface area contributed by atoms with Crippen molar-refractivity contribution in [2.24, 2.45) is 0 Å². The quantitative estimate of drug-likeness (QED) is 0.685. The van der Waals surface area contributed by atoms with Crippen molar-refractivity contribution >= 4 is 11.6 Å². The van der Waals surface area contributed by atoms with E-state index in [0.29, 0.717) is 11.3 Å². The molecule has 2 aromatic carbocycles. The molecule has 0 spiro atoms. The van der Waals surface area contributed by atoms with Crippen molar-refractivity contribution in [3.05, 3.63) is 99.0 Å². The topological polar surface area (TPSA) is 51.1 Å². The highest BCUT2D eigenvalue weighted by atomic mass is 19.4. The zero-order valence-electron chi connectivity index (χ0n) is 15.9. The summed E-state index contributed by atoms with van der Waals surface area (Å²) in [5.41, 5.74) is 2.09. The Hall–Kier alpha value is -3.35. The summed E-state index contributed by atoms with van der Waals surface area (Å²) in [4.78, 5) is 24.7. The van der Waals surface area contributed by atoms with Crippen molar-refractivity contribution in [3.63, 3.8) is 0 Å². The predicted octanol–water partition coefficient (Wildman–Crippen LogP) is 4.78. The summed E-state index contributed by atoms with van der Waals surface area (Å²) < 4.78 is 39.9. The molecule has 1 heterocycles. The van der Waals surface area contributed by atoms with Crippen LogP contribution < -0.4 is 10.9 Å². The molecular formula is C22H19F3N2O2. The van der Waals surface area contributed by atoms with E-state index in [1.54, 1.807) is 6.07 Å². The highest BCUT2D eigenvalue weighted by molar-refractivity contribution is 6.04. The number of aryl methyl sites for hydroxylation is 2. The van der Waals surface area contributed by atoms with E-state index in [2.05, 4.69) is 5.32 Å². The molecule has 3 aromatic rings. The molecule has 0 atom stereocenters. The maximum Gasteiger partial charge on any atom is 0.416 e. The second-order valence-electron chi connectivity index (χ2n) is 6.84. The fourth-order valence-corrected chi connectivity index (χ4v) is 2.85. The van der Waals surface area contributed by atoms with Crippen molar-refractivity contribution in [1.82, 2.24) is 4.57 Å². The minimum absolute atomic E-state index is 0.0759. The molecule has 1 N–H and O–H groups in total. The molecule has 3 rings (SSSR count). The Balaban J connectivity index is 1.83. The molecule has 4 nitrogen and oxygen atoms in total. The summed E-state index contributed by atoms with van der Waals surface area (Å²) in [5.74, 6) is -0.411. The van der Waals surface area contributed by atoms with Gasteiger partial charge in [0.15, 0.2) is 0 Å². The number of benzene rings is 2. The van der Waals surface area contributed by atoms with Crippen LogP contribution in [0.25, 0.3) is 0 Å². The molecule has 150 valence electrons. The molecule has 0 saturated carbocycles. The third kappa shape index (κ3) is 4.93. The monoisotopic (exact) mass is 400 g/mol. The zero-order chi connectivity index (χ0) is 21.2. The number of hydrogen-bond acceptors (Lipinski definition) is 2. The van der Waals surface area contributed by atoms with Crippen molar-refractivity contribution in [2.45, 2.75) is 26.6 Å². The summed E-state index contributed by atoms with van der Waals surface area (Å²) in [6.45, 7) is 3.82. The fraction of sp³-hybridized carbons (Fsp3) is 0.182. The largest absolute Gasteiger partial charge is 0.416 e. The Kier molecular flexibility index (Phi) is 5.59. The van der Waals surface area contributed by atoms with Gasteiger partial charge in [-0.25, -0.2) is 0 Å². The molecule has 0 bridgehead atoms. The van der Waals surface area contributed by atoms with E-state index < -0.39 is 23.2 Å². The standard InChI is InChI=1S/C22H19F3N2O2/c1-14-6-8-19(10-15(14)2)26-21(29)17-7-9-20(28)27(13-17)12-16-4-3-5-18(11-16)22(23,24)25/h3-11,13H,12H2,1-2H3,(H,26,29). The molecule has 1 amide bonds. The Morgan fingerprint density at radius 1 is 1.00 bits per heavy atom. The van der Waals surface area contributed by atoms with Gasteiger partial charge in [-0.2, -0.15) is 13.2 Å². The highest BCUT2D eigenvalue weighted by Crippen LogP contribution is 2.29. The third-order valence-electron chi connectivity index (χ3n) is 4.62. The highest BCUT2D eigenvalue weighted by Gasteiger charge is 2.30. The fourth-order valence-electron chi connectivity index (χ4n) is 2.85. The second kappa shape index (κ2) is 7.95. The normalized spacial score (nSPS) is 11.3. The van der Waals surface area contributed by atoms with Gasteiger partial charge in [-0.15, -0.1) is 0 Å². The van der Waals surface area contributed by atoms with Crippen molar-refractivity contribution < 1.29 is 18.0 Å². The van der Waals surface area contributed by atoms with Crippen LogP contribution in [0.1, 0.15) is 32.6 Å². The molecule has 1 aromatic heterocycles. The molecule has 0 radical (unpaired) electrons. The first-order valence-corrected chi connectivity index (χ1v) is 8.89. The van der Waals surface area contributed by atoms with Gasteiger partial charge in [0.1, 0.15) is 0 Å². The number of halogens is 3. The van der Waals surface area contributed by atoms with Crippen LogP contribution >= 0.6 is 0 Å². The van der Waals surface area contributed by atoms with Crippen molar-refractivity contribution in [3.8, 4) is 0 Å². The number of nitrogens with one attached hydrogen (secondary N) is 1. The van der Waals surface area contributed by atoms with Gasteiger partial charge >= 0.3 is 6.18 Å². The number of pyridine rings is 1. The number of amides is 1. The molecule has 0 saturated heterocycles. The van der Waals surface area contributed by atoms with Gasteiger partial charge < -0.3 is 9.88 Å². The Labute approximate surface area is 165 Å². The number of rotatable bonds is 4. The lowest BCUT2D eigenvalue weighted by molar-refractivity contribution is -0.137. The first kappa shape index (κ1) is 20.4. The van der Waals surface area contributed by atoms with Crippen LogP contribution in [0.4, 0.5) is 18.9 Å². The lowest BCUT2D eigenvalue weighted by Crippen LogP contribution is -2.22. The molecule has 29 heavy (non-hydrogen) atoms. The van der Waals surface area contributed by atoms with Gasteiger partial charge in [-0.1, -0.05) is 18.2 Å². The Morgan fingerprint density at radius 2 is 1.76 bits per heavy atom. The number of carbonyl (C=O) groups excluding carboxylic acids is 1. The molecular weight excluding hydrogens is 381 g/mol. The van der Waals surface area contributed by atoms with E-state index in [-0.39, 0.29) is 12.1 Å². The molecule has 0 unspecified atom stereocenters. The van der Waals surface area contributed by atoms with Crippen LogP contribution in [0.15, 0.2) is 65.6 Å². The third-order valence-corrected chi connectivity index (χ3v) is 4.62. The lowest BCUT2D eigenvalue weighted by Gasteiger charge is -2.12. The summed E-state index contributed by atoms with van der Waals surface area (Å²) in [7, 11) is 0. The molecule has 0 aliphatic rings. The molecule has 0 aliphatic carbocycles. The number of nitrogens with zero attached hydrogens (tertiary/aromatic N) is 1. The SMILES string of the molecule is Cc1ccc(NC(=O)c2ccc(=O)n(Cc3cccc(C(F)(F)F)c3)c2)cc1C. The molecule has 7 heteroatoms. The average molecular weight is 400 g/mol. The van der Waals surface area contributed by atoms with E-state index in [1.807, 2.05) is 26.0 Å². The number of aromatic nitrogens is 1. The minimum atomic E-state index is -4.46. The lowest BCUT2D eigenvalue weighted by atomic mass is 10.1. The van der Waals surface area contributed by atoms with Gasteiger partial charge in [0.25, 0.3) is 11.5 Å². The van der Waals surface area contributed by atoms with Crippen LogP contribution in [0.3, 0.4) is 0 Å². The van der Waals surface area contributed by atoms with Crippen molar-refractivity contribution in [1.29, 1.82) is 0 Å². The van der Waals surface area contributed by atoms with E-state index in [9.17, 15) is 22.8 Å². The number of carbonyl (C=O) groups is 1. The number of anilines is 1. The van der Waals surface area contributed by atoms with E-state index in [4.69, 9.17) is 0 Å². The van der Waals surface area contributed by atoms with E-state index >= 15 is 0 Å². The second-order valence-corrected chi connectivity index (χ2v) is 6.84. The van der Waals surface area contributed by atoms with E-state index in [1.165, 1.54) is 35.0 Å². The van der Waals surface area contributed by atoms with Gasteiger partial charge in [0.05, 0.1) is 17.7 Å². The zero-order valence-corrected chi connectivity index (χ0v) is 15.9.